The number of fused-ring (bicyclic) bond motifs is 1. The van der Waals surface area contributed by atoms with E-state index >= 15 is 0 Å². The van der Waals surface area contributed by atoms with Crippen LogP contribution in [-0.2, 0) is 0 Å². The molecule has 1 aliphatic carbocycles. The van der Waals surface area contributed by atoms with Crippen molar-refractivity contribution in [1.82, 2.24) is 10.3 Å². The number of nitrogens with one attached hydrogen (secondary N) is 1. The van der Waals surface area contributed by atoms with Gasteiger partial charge in [0.1, 0.15) is 5.75 Å². The van der Waals surface area contributed by atoms with Gasteiger partial charge in [-0.2, -0.15) is 0 Å². The third kappa shape index (κ3) is 4.62. The number of ether oxygens (including phenoxy) is 1. The fraction of sp³-hybridized carbons (Fsp3) is 0.227. The van der Waals surface area contributed by atoms with Crippen LogP contribution in [0.2, 0.25) is 0 Å². The highest BCUT2D eigenvalue weighted by atomic mass is 79.9. The number of thioether (sulfide) groups is 1. The van der Waals surface area contributed by atoms with E-state index < -0.39 is 0 Å². The van der Waals surface area contributed by atoms with Gasteiger partial charge in [-0.25, -0.2) is 4.98 Å². The van der Waals surface area contributed by atoms with Crippen LogP contribution in [0.1, 0.15) is 33.6 Å². The lowest BCUT2D eigenvalue weighted by Gasteiger charge is -2.10. The fourth-order valence-electron chi connectivity index (χ4n) is 2.97. The van der Waals surface area contributed by atoms with Crippen LogP contribution in [0.15, 0.2) is 58.0 Å². The molecule has 0 spiro atoms. The monoisotopic (exact) mass is 470 g/mol. The lowest BCUT2D eigenvalue weighted by Crippen LogP contribution is -2.25. The number of pyridine rings is 1. The Kier molecular flexibility index (Phi) is 5.87. The maximum absolute atomic E-state index is 12.7. The number of nitrogens with zero attached hydrogens (tertiary/aromatic N) is 1. The first-order chi connectivity index (χ1) is 14.0. The highest BCUT2D eigenvalue weighted by molar-refractivity contribution is 9.10. The van der Waals surface area contributed by atoms with Gasteiger partial charge in [-0.1, -0.05) is 30.0 Å². The second kappa shape index (κ2) is 8.55. The molecule has 2 aromatic carbocycles. The van der Waals surface area contributed by atoms with Gasteiger partial charge >= 0.3 is 0 Å². The largest absolute Gasteiger partial charge is 0.496 e. The summed E-state index contributed by atoms with van der Waals surface area (Å²) >= 11 is 4.74. The first-order valence-electron chi connectivity index (χ1n) is 9.25. The van der Waals surface area contributed by atoms with Crippen molar-refractivity contribution in [3.8, 4) is 5.75 Å². The average molecular weight is 471 g/mol. The normalized spacial score (nSPS) is 13.3. The number of carbonyl (C=O) groups excluding carboxylic acids is 2. The number of hydrogen-bond acceptors (Lipinski definition) is 5. The minimum atomic E-state index is -0.0849. The van der Waals surface area contributed by atoms with Gasteiger partial charge in [0.15, 0.2) is 5.78 Å². The molecule has 7 heteroatoms. The maximum Gasteiger partial charge on any atom is 0.252 e. The van der Waals surface area contributed by atoms with E-state index in [9.17, 15) is 9.59 Å². The Morgan fingerprint density at radius 3 is 2.72 bits per heavy atom. The standard InChI is InChI=1S/C22H19BrN2O3S/c1-28-20-9-6-13(10-17(20)23)19(26)12-29-21-11-16(22(27)24-14-7-8-14)15-4-2-3-5-18(15)25-21/h2-6,9-11,14H,7-8,12H2,1H3,(H,24,27). The molecule has 29 heavy (non-hydrogen) atoms. The van der Waals surface area contributed by atoms with Gasteiger partial charge in [-0.15, -0.1) is 0 Å². The number of para-hydroxylation sites is 1. The van der Waals surface area contributed by atoms with Crippen LogP contribution in [0.3, 0.4) is 0 Å². The number of Topliss-reactive ketones (excluding diaryl/α,β-unsaturated/α-hetero) is 1. The fourth-order valence-corrected chi connectivity index (χ4v) is 4.32. The molecule has 5 nitrogen and oxygen atoms in total. The van der Waals surface area contributed by atoms with E-state index in [1.165, 1.54) is 11.8 Å². The molecule has 1 heterocycles. The summed E-state index contributed by atoms with van der Waals surface area (Å²) in [6, 6.07) is 14.9. The van der Waals surface area contributed by atoms with Crippen LogP contribution in [-0.4, -0.2) is 35.6 Å². The number of amides is 1. The first kappa shape index (κ1) is 19.9. The van der Waals surface area contributed by atoms with Crippen LogP contribution in [0.5, 0.6) is 5.75 Å². The summed E-state index contributed by atoms with van der Waals surface area (Å²) in [7, 11) is 1.58. The van der Waals surface area contributed by atoms with Gasteiger partial charge in [0.2, 0.25) is 0 Å². The predicted octanol–water partition coefficient (Wildman–Crippen LogP) is 4.87. The van der Waals surface area contributed by atoms with Crippen LogP contribution >= 0.6 is 27.7 Å². The molecule has 0 radical (unpaired) electrons. The predicted molar refractivity (Wildman–Crippen MR) is 118 cm³/mol. The Morgan fingerprint density at radius 2 is 2.00 bits per heavy atom. The molecule has 1 fully saturated rings. The van der Waals surface area contributed by atoms with Crippen molar-refractivity contribution in [2.75, 3.05) is 12.9 Å². The summed E-state index contributed by atoms with van der Waals surface area (Å²) in [5.74, 6) is 0.806. The number of methoxy groups -OCH3 is 1. The van der Waals surface area contributed by atoms with Crippen molar-refractivity contribution in [3.05, 3.63) is 64.1 Å². The quantitative estimate of drug-likeness (QED) is 0.393. The lowest BCUT2D eigenvalue weighted by atomic mass is 10.1. The Bertz CT molecular complexity index is 1100. The van der Waals surface area contributed by atoms with Crippen LogP contribution < -0.4 is 10.1 Å². The van der Waals surface area contributed by atoms with Gasteiger partial charge in [-0.3, -0.25) is 9.59 Å². The number of aromatic nitrogens is 1. The van der Waals surface area contributed by atoms with Crippen LogP contribution in [0.4, 0.5) is 0 Å². The van der Waals surface area contributed by atoms with E-state index in [4.69, 9.17) is 4.74 Å². The molecule has 0 aliphatic heterocycles. The minimum Gasteiger partial charge on any atom is -0.496 e. The molecular formula is C22H19BrN2O3S. The summed E-state index contributed by atoms with van der Waals surface area (Å²) in [5.41, 5.74) is 1.94. The first-order valence-corrected chi connectivity index (χ1v) is 11.0. The third-order valence-corrected chi connectivity index (χ3v) is 6.21. The molecular weight excluding hydrogens is 452 g/mol. The highest BCUT2D eigenvalue weighted by Crippen LogP contribution is 2.28. The van der Waals surface area contributed by atoms with Crippen molar-refractivity contribution in [2.24, 2.45) is 0 Å². The zero-order valence-electron chi connectivity index (χ0n) is 15.8. The Morgan fingerprint density at radius 1 is 1.21 bits per heavy atom. The summed E-state index contributed by atoms with van der Waals surface area (Å²) in [5, 5.41) is 4.52. The molecule has 1 saturated carbocycles. The number of carbonyl (C=O) groups is 2. The van der Waals surface area contributed by atoms with Crippen LogP contribution in [0, 0.1) is 0 Å². The van der Waals surface area contributed by atoms with Crippen LogP contribution in [0.25, 0.3) is 10.9 Å². The molecule has 0 unspecified atom stereocenters. The molecule has 1 N–H and O–H groups in total. The second-order valence-corrected chi connectivity index (χ2v) is 8.68. The molecule has 0 atom stereocenters. The highest BCUT2D eigenvalue weighted by Gasteiger charge is 2.25. The Labute approximate surface area is 181 Å². The van der Waals surface area contributed by atoms with Gasteiger partial charge < -0.3 is 10.1 Å². The van der Waals surface area contributed by atoms with Crippen molar-refractivity contribution in [3.63, 3.8) is 0 Å². The van der Waals surface area contributed by atoms with Crippen molar-refractivity contribution in [2.45, 2.75) is 23.9 Å². The zero-order chi connectivity index (χ0) is 20.4. The molecule has 4 rings (SSSR count). The molecule has 0 saturated heterocycles. The van der Waals surface area contributed by atoms with Crippen molar-refractivity contribution < 1.29 is 14.3 Å². The molecule has 148 valence electrons. The minimum absolute atomic E-state index is 0.0164. The average Bonchev–Trinajstić information content (AvgIpc) is 3.55. The lowest BCUT2D eigenvalue weighted by molar-refractivity contribution is 0.0951. The van der Waals surface area contributed by atoms with Gasteiger partial charge in [0.05, 0.1) is 33.4 Å². The molecule has 0 bridgehead atoms. The molecule has 1 aromatic heterocycles. The number of ketones is 1. The number of rotatable bonds is 7. The van der Waals surface area contributed by atoms with E-state index in [1.807, 2.05) is 24.3 Å². The van der Waals surface area contributed by atoms with E-state index in [2.05, 4.69) is 26.2 Å². The van der Waals surface area contributed by atoms with Crippen molar-refractivity contribution in [1.29, 1.82) is 0 Å². The molecule has 1 aliphatic rings. The zero-order valence-corrected chi connectivity index (χ0v) is 18.2. The van der Waals surface area contributed by atoms with Gasteiger partial charge in [0, 0.05) is 17.0 Å². The van der Waals surface area contributed by atoms with Gasteiger partial charge in [-0.05, 0) is 59.1 Å². The smallest absolute Gasteiger partial charge is 0.252 e. The summed E-state index contributed by atoms with van der Waals surface area (Å²) in [4.78, 5) is 29.9. The Balaban J connectivity index is 1.55. The summed E-state index contributed by atoms with van der Waals surface area (Å²) < 4.78 is 5.94. The number of benzene rings is 2. The number of halogens is 1. The van der Waals surface area contributed by atoms with E-state index in [0.717, 1.165) is 28.2 Å². The topological polar surface area (TPSA) is 68.3 Å². The second-order valence-electron chi connectivity index (χ2n) is 6.83. The summed E-state index contributed by atoms with van der Waals surface area (Å²) in [6.45, 7) is 0. The maximum atomic E-state index is 12.7. The molecule has 3 aromatic rings. The summed E-state index contributed by atoms with van der Waals surface area (Å²) in [6.07, 6.45) is 2.06. The SMILES string of the molecule is COc1ccc(C(=O)CSc2cc(C(=O)NC3CC3)c3ccccc3n2)cc1Br. The van der Waals surface area contributed by atoms with E-state index in [-0.39, 0.29) is 23.5 Å². The van der Waals surface area contributed by atoms with E-state index in [1.54, 1.807) is 31.4 Å². The number of hydrogen-bond donors (Lipinski definition) is 1. The Hall–Kier alpha value is -2.38. The molecule has 1 amide bonds. The van der Waals surface area contributed by atoms with E-state index in [0.29, 0.717) is 21.9 Å². The third-order valence-electron chi connectivity index (χ3n) is 4.67. The van der Waals surface area contributed by atoms with Gasteiger partial charge in [0.25, 0.3) is 5.91 Å². The van der Waals surface area contributed by atoms with Crippen molar-refractivity contribution >= 4 is 50.3 Å².